The summed E-state index contributed by atoms with van der Waals surface area (Å²) in [6, 6.07) is 7.62. The Labute approximate surface area is 125 Å². The van der Waals surface area contributed by atoms with Crippen molar-refractivity contribution in [1.82, 2.24) is 5.32 Å². The van der Waals surface area contributed by atoms with E-state index in [-0.39, 0.29) is 0 Å². The quantitative estimate of drug-likeness (QED) is 0.904. The molecule has 2 saturated heterocycles. The van der Waals surface area contributed by atoms with Gasteiger partial charge in [-0.1, -0.05) is 36.2 Å². The zero-order valence-electron chi connectivity index (χ0n) is 11.2. The maximum Gasteiger partial charge on any atom is 0.0749 e. The van der Waals surface area contributed by atoms with Crippen molar-refractivity contribution in [2.45, 2.75) is 50.7 Å². The fourth-order valence-corrected chi connectivity index (χ4v) is 4.33. The van der Waals surface area contributed by atoms with Crippen LogP contribution in [0.15, 0.2) is 18.2 Å². The van der Waals surface area contributed by atoms with Gasteiger partial charge in [-0.2, -0.15) is 0 Å². The Bertz CT molecular complexity index is 429. The van der Waals surface area contributed by atoms with Crippen LogP contribution >= 0.6 is 23.2 Å². The lowest BCUT2D eigenvalue weighted by atomic mass is 9.96. The summed E-state index contributed by atoms with van der Waals surface area (Å²) in [7, 11) is 0. The topological polar surface area (TPSA) is 15.3 Å². The van der Waals surface area contributed by atoms with Gasteiger partial charge in [-0.05, 0) is 44.4 Å². The molecular weight excluding hydrogens is 279 g/mol. The van der Waals surface area contributed by atoms with Crippen LogP contribution in [0.1, 0.15) is 32.6 Å². The molecule has 2 aliphatic heterocycles. The van der Waals surface area contributed by atoms with E-state index < -0.39 is 0 Å². The predicted octanol–water partition coefficient (Wildman–Crippen LogP) is 4.10. The van der Waals surface area contributed by atoms with Crippen LogP contribution in [0.5, 0.6) is 0 Å². The lowest BCUT2D eigenvalue weighted by Gasteiger charge is -2.41. The second-order valence-electron chi connectivity index (χ2n) is 5.59. The Kier molecular flexibility index (Phi) is 3.93. The van der Waals surface area contributed by atoms with E-state index in [1.165, 1.54) is 25.7 Å². The molecule has 0 amide bonds. The highest BCUT2D eigenvalue weighted by atomic mass is 35.5. The molecule has 1 aromatic rings. The molecule has 4 heteroatoms. The maximum absolute atomic E-state index is 6.38. The third-order valence-electron chi connectivity index (χ3n) is 4.42. The second-order valence-corrected chi connectivity index (χ2v) is 6.40. The van der Waals surface area contributed by atoms with E-state index >= 15 is 0 Å². The van der Waals surface area contributed by atoms with Crippen molar-refractivity contribution in [2.24, 2.45) is 0 Å². The van der Waals surface area contributed by atoms with Crippen LogP contribution in [0.25, 0.3) is 0 Å². The minimum atomic E-state index is 0.584. The number of benzene rings is 1. The molecule has 0 aliphatic carbocycles. The monoisotopic (exact) mass is 298 g/mol. The summed E-state index contributed by atoms with van der Waals surface area (Å²) in [6.45, 7) is 3.23. The number of halogens is 2. The van der Waals surface area contributed by atoms with Crippen molar-refractivity contribution < 1.29 is 0 Å². The summed E-state index contributed by atoms with van der Waals surface area (Å²) >= 11 is 12.8. The van der Waals surface area contributed by atoms with Gasteiger partial charge >= 0.3 is 0 Å². The van der Waals surface area contributed by atoms with Crippen LogP contribution in [0, 0.1) is 0 Å². The number of rotatable bonds is 3. The standard InChI is InChI=1S/C15H20Cl2N2/c1-2-18-10-8-11-6-7-12(9-10)19(11)15-13(16)4-3-5-14(15)17/h3-5,10-12,18H,2,6-9H2,1H3. The van der Waals surface area contributed by atoms with Gasteiger partial charge in [0.25, 0.3) is 0 Å². The molecule has 2 atom stereocenters. The molecule has 1 aromatic carbocycles. The van der Waals surface area contributed by atoms with Crippen LogP contribution in [0.4, 0.5) is 5.69 Å². The molecule has 2 heterocycles. The number of piperidine rings is 1. The maximum atomic E-state index is 6.38. The van der Waals surface area contributed by atoms with Crippen molar-refractivity contribution >= 4 is 28.9 Å². The Morgan fingerprint density at radius 3 is 2.26 bits per heavy atom. The van der Waals surface area contributed by atoms with Gasteiger partial charge in [0, 0.05) is 18.1 Å². The minimum absolute atomic E-state index is 0.584. The molecule has 0 aromatic heterocycles. The average molecular weight is 299 g/mol. The van der Waals surface area contributed by atoms with Crippen LogP contribution < -0.4 is 10.2 Å². The summed E-state index contributed by atoms with van der Waals surface area (Å²) in [5, 5.41) is 5.16. The summed E-state index contributed by atoms with van der Waals surface area (Å²) in [5.41, 5.74) is 1.05. The first-order valence-corrected chi connectivity index (χ1v) is 7.92. The predicted molar refractivity (Wildman–Crippen MR) is 82.4 cm³/mol. The van der Waals surface area contributed by atoms with Gasteiger partial charge in [0.15, 0.2) is 0 Å². The largest absolute Gasteiger partial charge is 0.363 e. The molecule has 2 aliphatic rings. The third kappa shape index (κ3) is 2.46. The van der Waals surface area contributed by atoms with Crippen LogP contribution in [0.2, 0.25) is 10.0 Å². The van der Waals surface area contributed by atoms with Crippen LogP contribution in [0.3, 0.4) is 0 Å². The first-order valence-electron chi connectivity index (χ1n) is 7.16. The molecule has 2 bridgehead atoms. The van der Waals surface area contributed by atoms with E-state index in [0.717, 1.165) is 22.3 Å². The van der Waals surface area contributed by atoms with Gasteiger partial charge < -0.3 is 10.2 Å². The minimum Gasteiger partial charge on any atom is -0.363 e. The molecule has 2 fully saturated rings. The van der Waals surface area contributed by atoms with Crippen LogP contribution in [-0.2, 0) is 0 Å². The smallest absolute Gasteiger partial charge is 0.0749 e. The fraction of sp³-hybridized carbons (Fsp3) is 0.600. The van der Waals surface area contributed by atoms with Crippen molar-refractivity contribution in [3.8, 4) is 0 Å². The highest BCUT2D eigenvalue weighted by Crippen LogP contribution is 2.44. The lowest BCUT2D eigenvalue weighted by Crippen LogP contribution is -2.49. The zero-order chi connectivity index (χ0) is 13.4. The Morgan fingerprint density at radius 1 is 1.16 bits per heavy atom. The van der Waals surface area contributed by atoms with Crippen molar-refractivity contribution in [1.29, 1.82) is 0 Å². The lowest BCUT2D eigenvalue weighted by molar-refractivity contribution is 0.361. The molecule has 104 valence electrons. The fourth-order valence-electron chi connectivity index (χ4n) is 3.73. The van der Waals surface area contributed by atoms with Gasteiger partial charge in [-0.25, -0.2) is 0 Å². The van der Waals surface area contributed by atoms with E-state index in [0.29, 0.717) is 18.1 Å². The van der Waals surface area contributed by atoms with Crippen molar-refractivity contribution in [2.75, 3.05) is 11.4 Å². The number of hydrogen-bond donors (Lipinski definition) is 1. The van der Waals surface area contributed by atoms with Gasteiger partial charge in [0.2, 0.25) is 0 Å². The van der Waals surface area contributed by atoms with E-state index in [1.54, 1.807) is 0 Å². The normalized spacial score (nSPS) is 29.8. The number of para-hydroxylation sites is 1. The highest BCUT2D eigenvalue weighted by molar-refractivity contribution is 6.39. The Hall–Kier alpha value is -0.440. The van der Waals surface area contributed by atoms with E-state index in [1.807, 2.05) is 18.2 Å². The van der Waals surface area contributed by atoms with Crippen LogP contribution in [-0.4, -0.2) is 24.7 Å². The zero-order valence-corrected chi connectivity index (χ0v) is 12.7. The summed E-state index contributed by atoms with van der Waals surface area (Å²) in [6.07, 6.45) is 4.92. The first-order chi connectivity index (χ1) is 9.20. The Morgan fingerprint density at radius 2 is 1.74 bits per heavy atom. The second kappa shape index (κ2) is 5.51. The first kappa shape index (κ1) is 13.5. The number of hydrogen-bond acceptors (Lipinski definition) is 2. The highest BCUT2D eigenvalue weighted by Gasteiger charge is 2.41. The molecule has 2 unspecified atom stereocenters. The molecular formula is C15H20Cl2N2. The van der Waals surface area contributed by atoms with E-state index in [2.05, 4.69) is 17.1 Å². The van der Waals surface area contributed by atoms with Crippen molar-refractivity contribution in [3.05, 3.63) is 28.2 Å². The summed E-state index contributed by atoms with van der Waals surface area (Å²) < 4.78 is 0. The van der Waals surface area contributed by atoms with Gasteiger partial charge in [-0.3, -0.25) is 0 Å². The summed E-state index contributed by atoms with van der Waals surface area (Å²) in [5.74, 6) is 0. The van der Waals surface area contributed by atoms with Crippen molar-refractivity contribution in [3.63, 3.8) is 0 Å². The van der Waals surface area contributed by atoms with E-state index in [9.17, 15) is 0 Å². The average Bonchev–Trinajstić information content (AvgIpc) is 2.63. The molecule has 0 saturated carbocycles. The Balaban J connectivity index is 1.88. The van der Waals surface area contributed by atoms with Gasteiger partial charge in [-0.15, -0.1) is 0 Å². The molecule has 3 rings (SSSR count). The van der Waals surface area contributed by atoms with Gasteiger partial charge in [0.05, 0.1) is 15.7 Å². The number of fused-ring (bicyclic) bond motifs is 2. The molecule has 0 spiro atoms. The van der Waals surface area contributed by atoms with Gasteiger partial charge in [0.1, 0.15) is 0 Å². The molecule has 1 N–H and O–H groups in total. The van der Waals surface area contributed by atoms with E-state index in [4.69, 9.17) is 23.2 Å². The number of nitrogens with zero attached hydrogens (tertiary/aromatic N) is 1. The molecule has 0 radical (unpaired) electrons. The number of nitrogens with one attached hydrogen (secondary N) is 1. The SMILES string of the molecule is CCNC1CC2CCC(C1)N2c1c(Cl)cccc1Cl. The summed E-state index contributed by atoms with van der Waals surface area (Å²) in [4.78, 5) is 2.48. The molecule has 19 heavy (non-hydrogen) atoms. The third-order valence-corrected chi connectivity index (χ3v) is 5.03. The number of anilines is 1. The molecule has 2 nitrogen and oxygen atoms in total.